The number of halogens is 1. The van der Waals surface area contributed by atoms with Gasteiger partial charge in [0.05, 0.1) is 11.5 Å². The van der Waals surface area contributed by atoms with E-state index in [9.17, 15) is 9.65 Å². The molecule has 1 aromatic carbocycles. The van der Waals surface area contributed by atoms with Gasteiger partial charge >= 0.3 is 0 Å². The lowest BCUT2D eigenvalue weighted by Crippen LogP contribution is -2.32. The predicted molar refractivity (Wildman–Crippen MR) is 75.1 cm³/mol. The van der Waals surface area contributed by atoms with E-state index in [1.54, 1.807) is 6.07 Å². The minimum atomic E-state index is -0.298. The van der Waals surface area contributed by atoms with E-state index in [1.807, 2.05) is 13.0 Å². The quantitative estimate of drug-likeness (QED) is 0.749. The molecule has 0 unspecified atom stereocenters. The Morgan fingerprint density at radius 2 is 1.84 bits per heavy atom. The molecule has 1 aromatic rings. The largest absolute Gasteiger partial charge is 0.207 e. The first kappa shape index (κ1) is 14.1. The van der Waals surface area contributed by atoms with Crippen molar-refractivity contribution in [2.75, 3.05) is 0 Å². The van der Waals surface area contributed by atoms with Crippen molar-refractivity contribution in [3.8, 4) is 6.07 Å². The lowest BCUT2D eigenvalue weighted by molar-refractivity contribution is 0.146. The maximum Gasteiger partial charge on any atom is 0.123 e. The van der Waals surface area contributed by atoms with E-state index in [-0.39, 0.29) is 11.2 Å². The lowest BCUT2D eigenvalue weighted by atomic mass is 9.63. The number of hydrogen-bond acceptors (Lipinski definition) is 1. The Morgan fingerprint density at radius 3 is 2.42 bits per heavy atom. The van der Waals surface area contributed by atoms with E-state index < -0.39 is 0 Å². The molecule has 1 nitrogen and oxygen atoms in total. The van der Waals surface area contributed by atoms with Crippen molar-refractivity contribution in [3.63, 3.8) is 0 Å². The smallest absolute Gasteiger partial charge is 0.123 e. The Bertz CT molecular complexity index is 500. The van der Waals surface area contributed by atoms with Crippen LogP contribution in [0.5, 0.6) is 0 Å². The molecule has 0 aliphatic heterocycles. The van der Waals surface area contributed by atoms with Crippen LogP contribution < -0.4 is 0 Å². The number of nitriles is 1. The van der Waals surface area contributed by atoms with Crippen molar-refractivity contribution in [1.29, 1.82) is 5.26 Å². The summed E-state index contributed by atoms with van der Waals surface area (Å²) in [5, 5.41) is 9.59. The zero-order valence-electron chi connectivity index (χ0n) is 12.1. The van der Waals surface area contributed by atoms with Crippen LogP contribution >= 0.6 is 0 Å². The highest BCUT2D eigenvalue weighted by Crippen LogP contribution is 2.46. The fraction of sp³-hybridized carbons (Fsp3) is 0.588. The summed E-state index contributed by atoms with van der Waals surface area (Å²) in [5.74, 6) is -0.204. The fourth-order valence-corrected chi connectivity index (χ4v) is 2.93. The highest BCUT2D eigenvalue weighted by molar-refractivity contribution is 5.29. The summed E-state index contributed by atoms with van der Waals surface area (Å²) in [7, 11) is 0. The van der Waals surface area contributed by atoms with Gasteiger partial charge in [0.1, 0.15) is 5.82 Å². The minimum Gasteiger partial charge on any atom is -0.207 e. The van der Waals surface area contributed by atoms with Crippen LogP contribution in [0.15, 0.2) is 18.2 Å². The van der Waals surface area contributed by atoms with Crippen LogP contribution in [0.4, 0.5) is 4.39 Å². The van der Waals surface area contributed by atoms with Crippen molar-refractivity contribution in [3.05, 3.63) is 35.1 Å². The summed E-state index contributed by atoms with van der Waals surface area (Å²) in [6, 6.07) is 7.42. The lowest BCUT2D eigenvalue weighted by Gasteiger charge is -2.39. The third-order valence-electron chi connectivity index (χ3n) is 4.64. The molecule has 2 heteroatoms. The van der Waals surface area contributed by atoms with Crippen LogP contribution in [0.25, 0.3) is 0 Å². The number of aryl methyl sites for hydroxylation is 1. The van der Waals surface area contributed by atoms with Gasteiger partial charge in [-0.05, 0) is 67.7 Å². The first-order chi connectivity index (χ1) is 8.86. The van der Waals surface area contributed by atoms with Gasteiger partial charge in [-0.2, -0.15) is 5.26 Å². The standard InChI is InChI=1S/C17H22FN/c1-13-4-5-15(18)10-14(13)11-17(12-19)8-6-16(2,3)7-9-17/h4-5,10H,6-9,11H2,1-3H3. The maximum absolute atomic E-state index is 13.4. The molecule has 102 valence electrons. The van der Waals surface area contributed by atoms with E-state index in [1.165, 1.54) is 6.07 Å². The molecule has 0 spiro atoms. The Balaban J connectivity index is 2.21. The molecule has 0 radical (unpaired) electrons. The Labute approximate surface area is 115 Å². The maximum atomic E-state index is 13.4. The third-order valence-corrected chi connectivity index (χ3v) is 4.64. The number of benzene rings is 1. The Morgan fingerprint density at radius 1 is 1.21 bits per heavy atom. The summed E-state index contributed by atoms with van der Waals surface area (Å²) < 4.78 is 13.4. The molecule has 0 saturated heterocycles. The molecule has 0 atom stereocenters. The molecule has 0 aromatic heterocycles. The van der Waals surface area contributed by atoms with E-state index >= 15 is 0 Å². The molecule has 0 amide bonds. The second kappa shape index (κ2) is 4.96. The average Bonchev–Trinajstić information content (AvgIpc) is 2.37. The van der Waals surface area contributed by atoms with Gasteiger partial charge in [-0.1, -0.05) is 19.9 Å². The van der Waals surface area contributed by atoms with E-state index in [0.29, 0.717) is 11.8 Å². The average molecular weight is 259 g/mol. The van der Waals surface area contributed by atoms with Gasteiger partial charge in [0, 0.05) is 0 Å². The molecule has 1 saturated carbocycles. The highest BCUT2D eigenvalue weighted by atomic mass is 19.1. The molecule has 1 aliphatic rings. The summed E-state index contributed by atoms with van der Waals surface area (Å²) in [6.45, 7) is 6.52. The van der Waals surface area contributed by atoms with Gasteiger partial charge < -0.3 is 0 Å². The third kappa shape index (κ3) is 3.15. The molecular weight excluding hydrogens is 237 g/mol. The molecule has 0 N–H and O–H groups in total. The highest BCUT2D eigenvalue weighted by Gasteiger charge is 2.38. The van der Waals surface area contributed by atoms with E-state index in [4.69, 9.17) is 0 Å². The van der Waals surface area contributed by atoms with Crippen LogP contribution in [-0.2, 0) is 6.42 Å². The van der Waals surface area contributed by atoms with Gasteiger partial charge in [0.2, 0.25) is 0 Å². The molecular formula is C17H22FN. The zero-order valence-corrected chi connectivity index (χ0v) is 12.1. The number of hydrogen-bond donors (Lipinski definition) is 0. The molecule has 1 fully saturated rings. The van der Waals surface area contributed by atoms with Crippen LogP contribution in [0.3, 0.4) is 0 Å². The van der Waals surface area contributed by atoms with Crippen molar-refractivity contribution in [2.24, 2.45) is 10.8 Å². The second-order valence-electron chi connectivity index (χ2n) is 6.80. The van der Waals surface area contributed by atoms with Crippen molar-refractivity contribution >= 4 is 0 Å². The van der Waals surface area contributed by atoms with Crippen molar-refractivity contribution in [2.45, 2.75) is 52.9 Å². The SMILES string of the molecule is Cc1ccc(F)cc1CC1(C#N)CCC(C)(C)CC1. The van der Waals surface area contributed by atoms with Crippen LogP contribution in [-0.4, -0.2) is 0 Å². The number of rotatable bonds is 2. The van der Waals surface area contributed by atoms with Gasteiger partial charge in [-0.15, -0.1) is 0 Å². The first-order valence-corrected chi connectivity index (χ1v) is 7.02. The van der Waals surface area contributed by atoms with Crippen molar-refractivity contribution < 1.29 is 4.39 Å². The zero-order chi connectivity index (χ0) is 14.1. The first-order valence-electron chi connectivity index (χ1n) is 7.02. The summed E-state index contributed by atoms with van der Waals surface area (Å²) in [5.41, 5.74) is 2.12. The van der Waals surface area contributed by atoms with Crippen LogP contribution in [0.2, 0.25) is 0 Å². The van der Waals surface area contributed by atoms with Crippen LogP contribution in [0, 0.1) is 34.9 Å². The molecule has 0 heterocycles. The summed E-state index contributed by atoms with van der Waals surface area (Å²) in [6.07, 6.45) is 4.69. The van der Waals surface area contributed by atoms with Gasteiger partial charge in [-0.3, -0.25) is 0 Å². The molecule has 19 heavy (non-hydrogen) atoms. The van der Waals surface area contributed by atoms with Gasteiger partial charge in [0.25, 0.3) is 0 Å². The Hall–Kier alpha value is -1.36. The fourth-order valence-electron chi connectivity index (χ4n) is 2.93. The normalized spacial score (nSPS) is 20.8. The van der Waals surface area contributed by atoms with Crippen LogP contribution in [0.1, 0.15) is 50.7 Å². The predicted octanol–water partition coefficient (Wildman–Crippen LogP) is 4.79. The van der Waals surface area contributed by atoms with Gasteiger partial charge in [-0.25, -0.2) is 4.39 Å². The summed E-state index contributed by atoms with van der Waals surface area (Å²) >= 11 is 0. The monoisotopic (exact) mass is 259 g/mol. The minimum absolute atomic E-state index is 0.204. The van der Waals surface area contributed by atoms with Crippen molar-refractivity contribution in [1.82, 2.24) is 0 Å². The van der Waals surface area contributed by atoms with E-state index in [2.05, 4.69) is 19.9 Å². The summed E-state index contributed by atoms with van der Waals surface area (Å²) in [4.78, 5) is 0. The van der Waals surface area contributed by atoms with E-state index in [0.717, 1.165) is 36.8 Å². The topological polar surface area (TPSA) is 23.8 Å². The molecule has 2 rings (SSSR count). The Kier molecular flexibility index (Phi) is 3.67. The van der Waals surface area contributed by atoms with Gasteiger partial charge in [0.15, 0.2) is 0 Å². The number of nitrogens with zero attached hydrogens (tertiary/aromatic N) is 1. The molecule has 1 aliphatic carbocycles. The molecule has 0 bridgehead atoms. The second-order valence-corrected chi connectivity index (χ2v) is 6.80.